The molecule has 1 N–H and O–H groups in total. The highest BCUT2D eigenvalue weighted by Crippen LogP contribution is 2.30. The van der Waals surface area contributed by atoms with Crippen LogP contribution >= 0.6 is 0 Å². The van der Waals surface area contributed by atoms with E-state index in [-0.39, 0.29) is 17.2 Å². The van der Waals surface area contributed by atoms with E-state index in [0.717, 1.165) is 32.0 Å². The van der Waals surface area contributed by atoms with Crippen molar-refractivity contribution in [1.29, 1.82) is 0 Å². The van der Waals surface area contributed by atoms with Gasteiger partial charge in [0.15, 0.2) is 0 Å². The summed E-state index contributed by atoms with van der Waals surface area (Å²) in [6, 6.07) is 9.40. The predicted molar refractivity (Wildman–Crippen MR) is 103 cm³/mol. The van der Waals surface area contributed by atoms with Gasteiger partial charge in [0, 0.05) is 36.8 Å². The molecule has 1 aliphatic heterocycles. The van der Waals surface area contributed by atoms with Crippen LogP contribution in [0.5, 0.6) is 5.75 Å². The SMILES string of the molecule is COc1ccc(-c2ccc(C(=O)NC3CCN(C4CC4)CC3)c(F)c2)c(F)c1. The number of nitrogens with zero attached hydrogens (tertiary/aromatic N) is 1. The van der Waals surface area contributed by atoms with E-state index in [4.69, 9.17) is 4.74 Å². The molecule has 0 radical (unpaired) electrons. The van der Waals surface area contributed by atoms with Gasteiger partial charge in [-0.3, -0.25) is 4.79 Å². The minimum absolute atomic E-state index is 0.0118. The summed E-state index contributed by atoms with van der Waals surface area (Å²) in [4.78, 5) is 15.0. The lowest BCUT2D eigenvalue weighted by atomic mass is 10.0. The molecular weight excluding hydrogens is 362 g/mol. The Hall–Kier alpha value is -2.47. The molecule has 1 heterocycles. The molecule has 6 heteroatoms. The van der Waals surface area contributed by atoms with Gasteiger partial charge in [-0.15, -0.1) is 0 Å². The van der Waals surface area contributed by atoms with Crippen LogP contribution in [0.1, 0.15) is 36.0 Å². The Kier molecular flexibility index (Phi) is 5.31. The standard InChI is InChI=1S/C22H24F2N2O2/c1-28-17-5-7-18(21(24)13-17)14-2-6-19(20(23)12-14)22(27)25-15-8-10-26(11-9-15)16-3-4-16/h2,5-7,12-13,15-16H,3-4,8-11H2,1H3,(H,25,27). The largest absolute Gasteiger partial charge is 0.497 e. The lowest BCUT2D eigenvalue weighted by Crippen LogP contribution is -2.45. The number of benzene rings is 2. The van der Waals surface area contributed by atoms with Crippen molar-refractivity contribution in [3.05, 3.63) is 53.6 Å². The number of halogens is 2. The number of nitrogens with one attached hydrogen (secondary N) is 1. The molecule has 1 saturated heterocycles. The number of piperidine rings is 1. The second-order valence-corrected chi connectivity index (χ2v) is 7.56. The van der Waals surface area contributed by atoms with Crippen molar-refractivity contribution in [1.82, 2.24) is 10.2 Å². The van der Waals surface area contributed by atoms with Crippen LogP contribution in [-0.2, 0) is 0 Å². The first-order valence-corrected chi connectivity index (χ1v) is 9.73. The van der Waals surface area contributed by atoms with E-state index in [1.54, 1.807) is 12.1 Å². The van der Waals surface area contributed by atoms with E-state index in [2.05, 4.69) is 10.2 Å². The van der Waals surface area contributed by atoms with Gasteiger partial charge in [0.25, 0.3) is 5.91 Å². The highest BCUT2D eigenvalue weighted by atomic mass is 19.1. The Morgan fingerprint density at radius 2 is 1.79 bits per heavy atom. The second-order valence-electron chi connectivity index (χ2n) is 7.56. The van der Waals surface area contributed by atoms with Crippen molar-refractivity contribution in [3.8, 4) is 16.9 Å². The number of amides is 1. The van der Waals surface area contributed by atoms with Gasteiger partial charge in [0.05, 0.1) is 12.7 Å². The monoisotopic (exact) mass is 386 g/mol. The number of likely N-dealkylation sites (tertiary alicyclic amines) is 1. The highest BCUT2D eigenvalue weighted by Gasteiger charge is 2.32. The third-order valence-electron chi connectivity index (χ3n) is 5.63. The maximum Gasteiger partial charge on any atom is 0.254 e. The van der Waals surface area contributed by atoms with E-state index in [1.165, 1.54) is 44.2 Å². The summed E-state index contributed by atoms with van der Waals surface area (Å²) in [5, 5.41) is 2.95. The molecule has 4 rings (SSSR count). The van der Waals surface area contributed by atoms with Crippen LogP contribution in [0.2, 0.25) is 0 Å². The van der Waals surface area contributed by atoms with Crippen LogP contribution in [0, 0.1) is 11.6 Å². The van der Waals surface area contributed by atoms with E-state index in [1.807, 2.05) is 0 Å². The average Bonchev–Trinajstić information content (AvgIpc) is 3.53. The van der Waals surface area contributed by atoms with Gasteiger partial charge in [-0.2, -0.15) is 0 Å². The summed E-state index contributed by atoms with van der Waals surface area (Å²) in [6.45, 7) is 1.96. The van der Waals surface area contributed by atoms with E-state index >= 15 is 0 Å². The van der Waals surface area contributed by atoms with Gasteiger partial charge in [0.2, 0.25) is 0 Å². The summed E-state index contributed by atoms with van der Waals surface area (Å²) in [5.74, 6) is -1.17. The smallest absolute Gasteiger partial charge is 0.254 e. The van der Waals surface area contributed by atoms with Crippen LogP contribution in [0.15, 0.2) is 36.4 Å². The van der Waals surface area contributed by atoms with Crippen molar-refractivity contribution in [3.63, 3.8) is 0 Å². The molecule has 0 bridgehead atoms. The quantitative estimate of drug-likeness (QED) is 0.845. The maximum atomic E-state index is 14.6. The number of hydrogen-bond donors (Lipinski definition) is 1. The third kappa shape index (κ3) is 4.02. The Balaban J connectivity index is 1.43. The topological polar surface area (TPSA) is 41.6 Å². The first-order chi connectivity index (χ1) is 13.5. The zero-order chi connectivity index (χ0) is 19.7. The molecular formula is C22H24F2N2O2. The van der Waals surface area contributed by atoms with Crippen LogP contribution in [-0.4, -0.2) is 43.1 Å². The zero-order valence-electron chi connectivity index (χ0n) is 15.9. The van der Waals surface area contributed by atoms with Crippen LogP contribution in [0.4, 0.5) is 8.78 Å². The zero-order valence-corrected chi connectivity index (χ0v) is 15.9. The van der Waals surface area contributed by atoms with Crippen LogP contribution in [0.25, 0.3) is 11.1 Å². The second kappa shape index (κ2) is 7.87. The summed E-state index contributed by atoms with van der Waals surface area (Å²) in [6.07, 6.45) is 4.34. The summed E-state index contributed by atoms with van der Waals surface area (Å²) < 4.78 is 33.8. The molecule has 2 aliphatic rings. The normalized spacial score (nSPS) is 18.1. The molecule has 2 fully saturated rings. The summed E-state index contributed by atoms with van der Waals surface area (Å²) in [7, 11) is 1.46. The third-order valence-corrected chi connectivity index (χ3v) is 5.63. The molecule has 148 valence electrons. The number of ether oxygens (including phenoxy) is 1. The minimum atomic E-state index is -0.652. The average molecular weight is 386 g/mol. The maximum absolute atomic E-state index is 14.6. The van der Waals surface area contributed by atoms with E-state index in [9.17, 15) is 13.6 Å². The number of carbonyl (C=O) groups excluding carboxylic acids is 1. The Bertz CT molecular complexity index is 875. The van der Waals surface area contributed by atoms with Gasteiger partial charge in [-0.25, -0.2) is 8.78 Å². The van der Waals surface area contributed by atoms with Crippen LogP contribution in [0.3, 0.4) is 0 Å². The van der Waals surface area contributed by atoms with Gasteiger partial charge in [-0.1, -0.05) is 6.07 Å². The Morgan fingerprint density at radius 3 is 2.39 bits per heavy atom. The molecule has 1 aliphatic carbocycles. The molecule has 0 spiro atoms. The first kappa shape index (κ1) is 18.9. The molecule has 2 aromatic rings. The van der Waals surface area contributed by atoms with E-state index in [0.29, 0.717) is 11.3 Å². The fourth-order valence-corrected chi connectivity index (χ4v) is 3.84. The highest BCUT2D eigenvalue weighted by molar-refractivity contribution is 5.95. The number of rotatable bonds is 5. The predicted octanol–water partition coefficient (Wildman–Crippen LogP) is 4.00. The lowest BCUT2D eigenvalue weighted by Gasteiger charge is -2.32. The van der Waals surface area contributed by atoms with Gasteiger partial charge < -0.3 is 15.0 Å². The Morgan fingerprint density at radius 1 is 1.04 bits per heavy atom. The molecule has 0 atom stereocenters. The molecule has 0 unspecified atom stereocenters. The van der Waals surface area contributed by atoms with Gasteiger partial charge in [-0.05, 0) is 55.5 Å². The molecule has 1 saturated carbocycles. The van der Waals surface area contributed by atoms with Crippen LogP contribution < -0.4 is 10.1 Å². The van der Waals surface area contributed by atoms with Crippen molar-refractivity contribution in [2.24, 2.45) is 0 Å². The number of carbonyl (C=O) groups is 1. The fraction of sp³-hybridized carbons (Fsp3) is 0.409. The summed E-state index contributed by atoms with van der Waals surface area (Å²) in [5.41, 5.74) is 0.633. The summed E-state index contributed by atoms with van der Waals surface area (Å²) >= 11 is 0. The van der Waals surface area contributed by atoms with Gasteiger partial charge >= 0.3 is 0 Å². The van der Waals surface area contributed by atoms with E-state index < -0.39 is 17.5 Å². The van der Waals surface area contributed by atoms with Crippen molar-refractivity contribution < 1.29 is 18.3 Å². The number of hydrogen-bond acceptors (Lipinski definition) is 3. The van der Waals surface area contributed by atoms with Crippen molar-refractivity contribution in [2.75, 3.05) is 20.2 Å². The minimum Gasteiger partial charge on any atom is -0.497 e. The lowest BCUT2D eigenvalue weighted by molar-refractivity contribution is 0.0905. The molecule has 4 nitrogen and oxygen atoms in total. The fourth-order valence-electron chi connectivity index (χ4n) is 3.84. The molecule has 0 aromatic heterocycles. The molecule has 2 aromatic carbocycles. The molecule has 1 amide bonds. The van der Waals surface area contributed by atoms with Crippen molar-refractivity contribution >= 4 is 5.91 Å². The van der Waals surface area contributed by atoms with Crippen molar-refractivity contribution in [2.45, 2.75) is 37.8 Å². The first-order valence-electron chi connectivity index (χ1n) is 9.73. The molecule has 28 heavy (non-hydrogen) atoms. The van der Waals surface area contributed by atoms with Gasteiger partial charge in [0.1, 0.15) is 17.4 Å². The number of methoxy groups -OCH3 is 1. The Labute approximate surface area is 163 Å².